The Kier molecular flexibility index (Phi) is 5.61. The molecular weight excluding hydrogens is 332 g/mol. The average Bonchev–Trinajstić information content (AvgIpc) is 2.92. The molecule has 1 aliphatic heterocycles. The molecule has 0 saturated heterocycles. The minimum absolute atomic E-state index is 0.108. The molecule has 6 heteroatoms. The number of hydrogen-bond acceptors (Lipinski definition) is 4. The average molecular weight is 356 g/mol. The molecule has 1 aromatic carbocycles. The summed E-state index contributed by atoms with van der Waals surface area (Å²) in [5, 5.41) is 2.94. The summed E-state index contributed by atoms with van der Waals surface area (Å²) in [6.07, 6.45) is 3.66. The highest BCUT2D eigenvalue weighted by Crippen LogP contribution is 2.24. The normalized spacial score (nSPS) is 13.5. The van der Waals surface area contributed by atoms with Crippen LogP contribution in [0.1, 0.15) is 40.9 Å². The molecule has 6 nitrogen and oxygen atoms in total. The van der Waals surface area contributed by atoms with Gasteiger partial charge >= 0.3 is 0 Å². The maximum atomic E-state index is 12.9. The summed E-state index contributed by atoms with van der Waals surface area (Å²) in [6, 6.07) is 8.96. The summed E-state index contributed by atoms with van der Waals surface area (Å²) < 4.78 is 12.3. The van der Waals surface area contributed by atoms with Crippen LogP contribution in [0.25, 0.3) is 0 Å². The van der Waals surface area contributed by atoms with Gasteiger partial charge < -0.3 is 19.4 Å². The Morgan fingerprint density at radius 1 is 1.15 bits per heavy atom. The van der Waals surface area contributed by atoms with E-state index in [-0.39, 0.29) is 11.5 Å². The molecule has 2 heterocycles. The molecule has 1 aromatic heterocycles. The van der Waals surface area contributed by atoms with Crippen molar-refractivity contribution < 1.29 is 14.3 Å². The number of benzene rings is 1. The van der Waals surface area contributed by atoms with E-state index in [9.17, 15) is 9.59 Å². The first-order valence-corrected chi connectivity index (χ1v) is 8.86. The fourth-order valence-corrected chi connectivity index (χ4v) is 3.37. The van der Waals surface area contributed by atoms with Gasteiger partial charge in [-0.25, -0.2) is 0 Å². The lowest BCUT2D eigenvalue weighted by Crippen LogP contribution is -2.30. The number of amides is 1. The Morgan fingerprint density at radius 2 is 2.00 bits per heavy atom. The first kappa shape index (κ1) is 18.0. The van der Waals surface area contributed by atoms with Gasteiger partial charge in [-0.3, -0.25) is 9.59 Å². The van der Waals surface area contributed by atoms with E-state index in [1.54, 1.807) is 11.7 Å². The molecule has 0 atom stereocenters. The van der Waals surface area contributed by atoms with E-state index in [0.29, 0.717) is 30.8 Å². The number of nitrogens with zero attached hydrogens (tertiary/aromatic N) is 1. The highest BCUT2D eigenvalue weighted by molar-refractivity contribution is 5.98. The number of ether oxygens (including phenoxy) is 2. The van der Waals surface area contributed by atoms with E-state index in [2.05, 4.69) is 5.32 Å². The van der Waals surface area contributed by atoms with Crippen molar-refractivity contribution in [3.63, 3.8) is 0 Å². The van der Waals surface area contributed by atoms with Gasteiger partial charge in [0.15, 0.2) is 0 Å². The van der Waals surface area contributed by atoms with E-state index in [1.807, 2.05) is 24.3 Å². The number of carbonyl (C=O) groups is 1. The Bertz CT molecular complexity index is 857. The lowest BCUT2D eigenvalue weighted by molar-refractivity contribution is 0.0945. The number of aromatic nitrogens is 1. The summed E-state index contributed by atoms with van der Waals surface area (Å²) in [6.45, 7) is 1.02. The third kappa shape index (κ3) is 3.74. The SMILES string of the molecule is COc1cccc(CNC(=O)c2c(OC)cc(=O)n3c2CCCCC3)c1. The molecule has 0 spiro atoms. The van der Waals surface area contributed by atoms with Gasteiger partial charge in [-0.15, -0.1) is 0 Å². The van der Waals surface area contributed by atoms with Crippen molar-refractivity contribution in [2.24, 2.45) is 0 Å². The van der Waals surface area contributed by atoms with Crippen molar-refractivity contribution in [3.8, 4) is 11.5 Å². The molecule has 0 aliphatic carbocycles. The van der Waals surface area contributed by atoms with Crippen LogP contribution in [0.4, 0.5) is 0 Å². The molecule has 0 unspecified atom stereocenters. The second-order valence-corrected chi connectivity index (χ2v) is 6.37. The van der Waals surface area contributed by atoms with Crippen LogP contribution in [-0.4, -0.2) is 24.7 Å². The number of methoxy groups -OCH3 is 2. The molecular formula is C20H24N2O4. The standard InChI is InChI=1S/C20H24N2O4/c1-25-15-8-6-7-14(11-15)13-21-20(24)19-16-9-4-3-5-10-22(16)18(23)12-17(19)26-2/h6-8,11-12H,3-5,9-10,13H2,1-2H3,(H,21,24). The second kappa shape index (κ2) is 8.08. The number of nitrogens with one attached hydrogen (secondary N) is 1. The number of rotatable bonds is 5. The Morgan fingerprint density at radius 3 is 2.77 bits per heavy atom. The van der Waals surface area contributed by atoms with Gasteiger partial charge in [-0.1, -0.05) is 18.6 Å². The largest absolute Gasteiger partial charge is 0.497 e. The highest BCUT2D eigenvalue weighted by Gasteiger charge is 2.23. The Labute approximate surface area is 152 Å². The molecule has 1 aliphatic rings. The molecule has 0 saturated carbocycles. The molecule has 1 amide bonds. The van der Waals surface area contributed by atoms with Crippen LogP contribution in [0.2, 0.25) is 0 Å². The minimum Gasteiger partial charge on any atom is -0.497 e. The number of pyridine rings is 1. The van der Waals surface area contributed by atoms with Crippen LogP contribution in [0, 0.1) is 0 Å². The number of fused-ring (bicyclic) bond motifs is 1. The zero-order chi connectivity index (χ0) is 18.5. The summed E-state index contributed by atoms with van der Waals surface area (Å²) >= 11 is 0. The van der Waals surface area contributed by atoms with Gasteiger partial charge in [0.2, 0.25) is 0 Å². The topological polar surface area (TPSA) is 69.6 Å². The molecule has 138 valence electrons. The maximum absolute atomic E-state index is 12.9. The van der Waals surface area contributed by atoms with Crippen LogP contribution in [-0.2, 0) is 19.5 Å². The van der Waals surface area contributed by atoms with Crippen LogP contribution in [0.5, 0.6) is 11.5 Å². The van der Waals surface area contributed by atoms with Gasteiger partial charge in [-0.05, 0) is 37.0 Å². The van der Waals surface area contributed by atoms with Crippen molar-refractivity contribution in [2.75, 3.05) is 14.2 Å². The summed E-state index contributed by atoms with van der Waals surface area (Å²) in [5.74, 6) is 0.857. The lowest BCUT2D eigenvalue weighted by Gasteiger charge is -2.17. The Hall–Kier alpha value is -2.76. The van der Waals surface area contributed by atoms with E-state index in [4.69, 9.17) is 9.47 Å². The second-order valence-electron chi connectivity index (χ2n) is 6.37. The van der Waals surface area contributed by atoms with Crippen LogP contribution in [0.15, 0.2) is 35.1 Å². The van der Waals surface area contributed by atoms with Crippen molar-refractivity contribution in [1.82, 2.24) is 9.88 Å². The third-order valence-corrected chi connectivity index (χ3v) is 4.71. The first-order valence-electron chi connectivity index (χ1n) is 8.86. The maximum Gasteiger partial charge on any atom is 0.257 e. The minimum atomic E-state index is -0.227. The summed E-state index contributed by atoms with van der Waals surface area (Å²) in [7, 11) is 3.10. The zero-order valence-corrected chi connectivity index (χ0v) is 15.2. The molecule has 1 N–H and O–H groups in total. The monoisotopic (exact) mass is 356 g/mol. The fourth-order valence-electron chi connectivity index (χ4n) is 3.37. The third-order valence-electron chi connectivity index (χ3n) is 4.71. The van der Waals surface area contributed by atoms with Gasteiger partial charge in [0, 0.05) is 24.8 Å². The number of carbonyl (C=O) groups excluding carboxylic acids is 1. The molecule has 0 fully saturated rings. The van der Waals surface area contributed by atoms with E-state index < -0.39 is 0 Å². The molecule has 0 radical (unpaired) electrons. The van der Waals surface area contributed by atoms with Crippen LogP contribution >= 0.6 is 0 Å². The molecule has 26 heavy (non-hydrogen) atoms. The molecule has 2 aromatic rings. The Balaban J connectivity index is 1.89. The van der Waals surface area contributed by atoms with Crippen LogP contribution in [0.3, 0.4) is 0 Å². The van der Waals surface area contributed by atoms with E-state index >= 15 is 0 Å². The van der Waals surface area contributed by atoms with Gasteiger partial charge in [0.1, 0.15) is 17.1 Å². The van der Waals surface area contributed by atoms with Crippen molar-refractivity contribution in [2.45, 2.75) is 38.8 Å². The van der Waals surface area contributed by atoms with E-state index in [1.165, 1.54) is 13.2 Å². The van der Waals surface area contributed by atoms with E-state index in [0.717, 1.165) is 36.3 Å². The van der Waals surface area contributed by atoms with Crippen molar-refractivity contribution in [3.05, 3.63) is 57.5 Å². The smallest absolute Gasteiger partial charge is 0.257 e. The van der Waals surface area contributed by atoms with Crippen LogP contribution < -0.4 is 20.3 Å². The predicted molar refractivity (Wildman–Crippen MR) is 99.0 cm³/mol. The number of hydrogen-bond donors (Lipinski definition) is 1. The first-order chi connectivity index (χ1) is 12.6. The lowest BCUT2D eigenvalue weighted by atomic mass is 10.1. The van der Waals surface area contributed by atoms with Gasteiger partial charge in [0.25, 0.3) is 11.5 Å². The fraction of sp³-hybridized carbons (Fsp3) is 0.400. The van der Waals surface area contributed by atoms with Gasteiger partial charge in [-0.2, -0.15) is 0 Å². The van der Waals surface area contributed by atoms with Gasteiger partial charge in [0.05, 0.1) is 14.2 Å². The summed E-state index contributed by atoms with van der Waals surface area (Å²) in [4.78, 5) is 25.3. The zero-order valence-electron chi connectivity index (χ0n) is 15.2. The quantitative estimate of drug-likeness (QED) is 0.894. The predicted octanol–water partition coefficient (Wildman–Crippen LogP) is 2.52. The van der Waals surface area contributed by atoms with Crippen molar-refractivity contribution >= 4 is 5.91 Å². The summed E-state index contributed by atoms with van der Waals surface area (Å²) in [5.41, 5.74) is 2.07. The van der Waals surface area contributed by atoms with Crippen molar-refractivity contribution in [1.29, 1.82) is 0 Å². The molecule has 0 bridgehead atoms. The highest BCUT2D eigenvalue weighted by atomic mass is 16.5. The molecule has 3 rings (SSSR count).